The van der Waals surface area contributed by atoms with E-state index < -0.39 is 9.05 Å². The van der Waals surface area contributed by atoms with E-state index >= 15 is 0 Å². The summed E-state index contributed by atoms with van der Waals surface area (Å²) >= 11 is 0. The van der Waals surface area contributed by atoms with Crippen LogP contribution >= 0.6 is 10.7 Å². The van der Waals surface area contributed by atoms with Crippen LogP contribution in [0.25, 0.3) is 0 Å². The van der Waals surface area contributed by atoms with Crippen molar-refractivity contribution in [2.45, 2.75) is 38.3 Å². The zero-order valence-corrected chi connectivity index (χ0v) is 13.5. The molecule has 0 saturated heterocycles. The Balaban J connectivity index is 2.51. The highest BCUT2D eigenvalue weighted by Crippen LogP contribution is 2.43. The number of halogens is 1. The number of benzene rings is 1. The second-order valence-electron chi connectivity index (χ2n) is 6.03. The largest absolute Gasteiger partial charge is 0.392 e. The molecule has 1 heterocycles. The Kier molecular flexibility index (Phi) is 4.06. The molecular weight excluding hydrogens is 298 g/mol. The van der Waals surface area contributed by atoms with Crippen molar-refractivity contribution in [1.82, 2.24) is 0 Å². The molecule has 0 radical (unpaired) electrons. The van der Waals surface area contributed by atoms with E-state index in [1.54, 1.807) is 0 Å². The first-order chi connectivity index (χ1) is 9.14. The third kappa shape index (κ3) is 3.10. The lowest BCUT2D eigenvalue weighted by molar-refractivity contribution is 0.281. The molecule has 1 unspecified atom stereocenters. The zero-order chi connectivity index (χ0) is 15.1. The first-order valence-corrected chi connectivity index (χ1v) is 9.02. The van der Waals surface area contributed by atoms with Crippen LogP contribution in [0.3, 0.4) is 0 Å². The monoisotopic (exact) mass is 317 g/mol. The average molecular weight is 318 g/mol. The van der Waals surface area contributed by atoms with Gasteiger partial charge in [0.05, 0.1) is 12.4 Å². The smallest absolute Gasteiger partial charge is 0.233 e. The maximum atomic E-state index is 11.4. The van der Waals surface area contributed by atoms with Crippen molar-refractivity contribution in [3.63, 3.8) is 0 Å². The predicted molar refractivity (Wildman–Crippen MR) is 81.8 cm³/mol. The molecule has 0 fully saturated rings. The molecule has 0 spiro atoms. The summed E-state index contributed by atoms with van der Waals surface area (Å²) < 4.78 is 22.9. The highest BCUT2D eigenvalue weighted by Gasteiger charge is 2.37. The summed E-state index contributed by atoms with van der Waals surface area (Å²) in [6, 6.07) is 5.66. The molecule has 2 rings (SSSR count). The van der Waals surface area contributed by atoms with Crippen LogP contribution in [0.4, 0.5) is 5.69 Å². The first kappa shape index (κ1) is 15.6. The molecule has 1 N–H and O–H groups in total. The fraction of sp³-hybridized carbons (Fsp3) is 0.571. The third-order valence-corrected chi connectivity index (χ3v) is 5.31. The highest BCUT2D eigenvalue weighted by atomic mass is 35.7. The normalized spacial score (nSPS) is 21.6. The van der Waals surface area contributed by atoms with Crippen molar-refractivity contribution in [3.8, 4) is 0 Å². The molecule has 0 saturated carbocycles. The lowest BCUT2D eigenvalue weighted by Gasteiger charge is -2.46. The van der Waals surface area contributed by atoms with Gasteiger partial charge in [0.15, 0.2) is 0 Å². The number of nitrogens with zero attached hydrogens (tertiary/aromatic N) is 1. The molecule has 20 heavy (non-hydrogen) atoms. The van der Waals surface area contributed by atoms with Gasteiger partial charge in [-0.25, -0.2) is 8.42 Å². The number of anilines is 1. The van der Waals surface area contributed by atoms with E-state index in [0.717, 1.165) is 23.2 Å². The third-order valence-electron chi connectivity index (χ3n) is 4.13. The van der Waals surface area contributed by atoms with Gasteiger partial charge in [0, 0.05) is 34.9 Å². The number of aliphatic hydroxyl groups is 1. The highest BCUT2D eigenvalue weighted by molar-refractivity contribution is 8.13. The fourth-order valence-corrected chi connectivity index (χ4v) is 4.12. The predicted octanol–water partition coefficient (Wildman–Crippen LogP) is 2.45. The minimum absolute atomic E-state index is 0.0278. The Morgan fingerprint density at radius 1 is 1.45 bits per heavy atom. The van der Waals surface area contributed by atoms with Gasteiger partial charge >= 0.3 is 0 Å². The number of aliphatic hydroxyl groups excluding tert-OH is 1. The van der Waals surface area contributed by atoms with Crippen molar-refractivity contribution < 1.29 is 13.5 Å². The molecule has 0 amide bonds. The SMILES string of the molecule is CN1c2cc(CO)ccc2C(CS(=O)(=O)Cl)CC1(C)C. The molecule has 1 aliphatic heterocycles. The maximum Gasteiger partial charge on any atom is 0.233 e. The van der Waals surface area contributed by atoms with Crippen LogP contribution in [0.5, 0.6) is 0 Å². The Morgan fingerprint density at radius 2 is 2.10 bits per heavy atom. The topological polar surface area (TPSA) is 57.6 Å². The van der Waals surface area contributed by atoms with Crippen molar-refractivity contribution in [2.24, 2.45) is 0 Å². The van der Waals surface area contributed by atoms with Gasteiger partial charge in [-0.1, -0.05) is 12.1 Å². The maximum absolute atomic E-state index is 11.4. The summed E-state index contributed by atoms with van der Waals surface area (Å²) in [6.07, 6.45) is 0.723. The molecule has 1 aliphatic rings. The molecule has 0 aliphatic carbocycles. The number of rotatable bonds is 3. The number of hydrogen-bond acceptors (Lipinski definition) is 4. The molecule has 0 bridgehead atoms. The van der Waals surface area contributed by atoms with E-state index in [2.05, 4.69) is 18.7 Å². The van der Waals surface area contributed by atoms with Gasteiger partial charge in [0.25, 0.3) is 0 Å². The van der Waals surface area contributed by atoms with Crippen LogP contribution in [0.1, 0.15) is 37.3 Å². The number of hydrogen-bond donors (Lipinski definition) is 1. The van der Waals surface area contributed by atoms with Crippen molar-refractivity contribution in [3.05, 3.63) is 29.3 Å². The summed E-state index contributed by atoms with van der Waals surface area (Å²) in [5.41, 5.74) is 2.61. The standard InChI is InChI=1S/C14H20ClNO3S/c1-14(2)7-11(9-20(15,18)19)12-5-4-10(8-17)6-13(12)16(14)3/h4-6,11,17H,7-9H2,1-3H3. The van der Waals surface area contributed by atoms with Gasteiger partial charge in [-0.2, -0.15) is 0 Å². The van der Waals surface area contributed by atoms with Crippen molar-refractivity contribution in [2.75, 3.05) is 17.7 Å². The molecule has 0 aromatic heterocycles. The van der Waals surface area contributed by atoms with Gasteiger partial charge in [0.1, 0.15) is 0 Å². The van der Waals surface area contributed by atoms with E-state index in [9.17, 15) is 13.5 Å². The Bertz CT molecular complexity index is 613. The summed E-state index contributed by atoms with van der Waals surface area (Å²) in [7, 11) is 3.89. The fourth-order valence-electron chi connectivity index (χ4n) is 2.89. The van der Waals surface area contributed by atoms with Crippen LogP contribution in [0, 0.1) is 0 Å². The van der Waals surface area contributed by atoms with Gasteiger partial charge in [0.2, 0.25) is 9.05 Å². The molecular formula is C14H20ClNO3S. The molecule has 1 atom stereocenters. The molecule has 112 valence electrons. The Morgan fingerprint density at radius 3 is 2.65 bits per heavy atom. The molecule has 6 heteroatoms. The summed E-state index contributed by atoms with van der Waals surface area (Å²) in [4.78, 5) is 2.14. The van der Waals surface area contributed by atoms with Crippen LogP contribution in [-0.4, -0.2) is 31.9 Å². The Labute approximate surface area is 124 Å². The minimum Gasteiger partial charge on any atom is -0.392 e. The van der Waals surface area contributed by atoms with Gasteiger partial charge in [-0.05, 0) is 37.5 Å². The van der Waals surface area contributed by atoms with Crippen LogP contribution in [0.2, 0.25) is 0 Å². The second-order valence-corrected chi connectivity index (χ2v) is 8.85. The first-order valence-electron chi connectivity index (χ1n) is 6.54. The summed E-state index contributed by atoms with van der Waals surface area (Å²) in [5.74, 6) is -0.177. The van der Waals surface area contributed by atoms with Gasteiger partial charge in [-0.3, -0.25) is 0 Å². The Hall–Kier alpha value is -0.780. The lowest BCUT2D eigenvalue weighted by atomic mass is 9.80. The van der Waals surface area contributed by atoms with Crippen LogP contribution in [0.15, 0.2) is 18.2 Å². The van der Waals surface area contributed by atoms with E-state index in [0.29, 0.717) is 0 Å². The van der Waals surface area contributed by atoms with Crippen molar-refractivity contribution >= 4 is 25.4 Å². The quantitative estimate of drug-likeness (QED) is 0.870. The van der Waals surface area contributed by atoms with E-state index in [4.69, 9.17) is 10.7 Å². The molecule has 1 aromatic rings. The van der Waals surface area contributed by atoms with Gasteiger partial charge < -0.3 is 10.0 Å². The molecule has 1 aromatic carbocycles. The van der Waals surface area contributed by atoms with E-state index in [1.807, 2.05) is 25.2 Å². The van der Waals surface area contributed by atoms with E-state index in [1.165, 1.54) is 0 Å². The van der Waals surface area contributed by atoms with Gasteiger partial charge in [-0.15, -0.1) is 0 Å². The lowest BCUT2D eigenvalue weighted by Crippen LogP contribution is -2.47. The molecule has 4 nitrogen and oxygen atoms in total. The van der Waals surface area contributed by atoms with Crippen LogP contribution < -0.4 is 4.90 Å². The average Bonchev–Trinajstić information content (AvgIpc) is 2.33. The summed E-state index contributed by atoms with van der Waals surface area (Å²) in [6.45, 7) is 4.13. The van der Waals surface area contributed by atoms with Crippen LogP contribution in [-0.2, 0) is 15.7 Å². The van der Waals surface area contributed by atoms with Crippen molar-refractivity contribution in [1.29, 1.82) is 0 Å². The summed E-state index contributed by atoms with van der Waals surface area (Å²) in [5, 5.41) is 9.27. The zero-order valence-electron chi connectivity index (χ0n) is 11.9. The number of fused-ring (bicyclic) bond motifs is 1. The second kappa shape index (κ2) is 5.20. The van der Waals surface area contributed by atoms with E-state index in [-0.39, 0.29) is 23.8 Å². The minimum atomic E-state index is -3.55.